The smallest absolute Gasteiger partial charge is 0.0497 e. The van der Waals surface area contributed by atoms with Crippen molar-refractivity contribution in [2.45, 2.75) is 30.5 Å². The van der Waals surface area contributed by atoms with Crippen LogP contribution in [-0.2, 0) is 6.42 Å². The van der Waals surface area contributed by atoms with Gasteiger partial charge in [0, 0.05) is 32.0 Å². The number of rotatable bonds is 6. The Morgan fingerprint density at radius 3 is 2.62 bits per heavy atom. The van der Waals surface area contributed by atoms with E-state index in [4.69, 9.17) is 0 Å². The molecule has 2 aromatic carbocycles. The average molecular weight is 409 g/mol. The van der Waals surface area contributed by atoms with Crippen LogP contribution in [-0.4, -0.2) is 15.1 Å². The molecule has 1 unspecified atom stereocenters. The van der Waals surface area contributed by atoms with Crippen molar-refractivity contribution in [2.75, 3.05) is 5.33 Å². The maximum atomic E-state index is 3.80. The monoisotopic (exact) mass is 407 g/mol. The van der Waals surface area contributed by atoms with E-state index in [1.807, 2.05) is 0 Å². The van der Waals surface area contributed by atoms with E-state index in [1.54, 1.807) is 0 Å². The van der Waals surface area contributed by atoms with Crippen LogP contribution in [0.2, 0.25) is 0 Å². The van der Waals surface area contributed by atoms with Crippen molar-refractivity contribution >= 4 is 53.7 Å². The van der Waals surface area contributed by atoms with Crippen molar-refractivity contribution in [1.82, 2.24) is 4.98 Å². The number of aryl methyl sites for hydroxylation is 1. The quantitative estimate of drug-likeness (QED) is 0.468. The molecule has 3 heteroatoms. The van der Waals surface area contributed by atoms with Gasteiger partial charge in [0.1, 0.15) is 0 Å². The van der Waals surface area contributed by atoms with Gasteiger partial charge in [0.15, 0.2) is 0 Å². The highest BCUT2D eigenvalue weighted by Crippen LogP contribution is 2.28. The van der Waals surface area contributed by atoms with Crippen LogP contribution in [0.15, 0.2) is 42.5 Å². The molecule has 0 aliphatic carbocycles. The molecule has 0 saturated carbocycles. The van der Waals surface area contributed by atoms with Crippen molar-refractivity contribution < 1.29 is 0 Å². The maximum Gasteiger partial charge on any atom is 0.0497 e. The normalized spacial score (nSPS) is 13.0. The summed E-state index contributed by atoms with van der Waals surface area (Å²) in [6, 6.07) is 15.2. The molecule has 0 aliphatic heterocycles. The van der Waals surface area contributed by atoms with E-state index in [0.717, 1.165) is 11.8 Å². The van der Waals surface area contributed by atoms with Gasteiger partial charge in [-0.05, 0) is 37.3 Å². The lowest BCUT2D eigenvalue weighted by atomic mass is 10.0. The summed E-state index contributed by atoms with van der Waals surface area (Å²) in [4.78, 5) is 4.20. The second-order valence-electron chi connectivity index (χ2n) is 5.48. The fraction of sp³-hybridized carbons (Fsp3) is 0.333. The molecule has 0 spiro atoms. The zero-order valence-corrected chi connectivity index (χ0v) is 15.1. The molecule has 1 atom stereocenters. The number of alkyl halides is 2. The lowest BCUT2D eigenvalue weighted by Gasteiger charge is -2.09. The Labute approximate surface area is 142 Å². The van der Waals surface area contributed by atoms with Gasteiger partial charge in [0.25, 0.3) is 0 Å². The summed E-state index contributed by atoms with van der Waals surface area (Å²) in [6.45, 7) is 0. The van der Waals surface area contributed by atoms with Crippen LogP contribution < -0.4 is 0 Å². The zero-order valence-electron chi connectivity index (χ0n) is 11.9. The lowest BCUT2D eigenvalue weighted by Crippen LogP contribution is -2.01. The number of aromatic nitrogens is 1. The number of H-pyrrole nitrogens is 1. The Hall–Kier alpha value is -0.800. The van der Waals surface area contributed by atoms with E-state index in [2.05, 4.69) is 79.3 Å². The molecule has 1 nitrogen and oxygen atoms in total. The Morgan fingerprint density at radius 1 is 0.952 bits per heavy atom. The summed E-state index contributed by atoms with van der Waals surface area (Å²) in [6.07, 6.45) is 4.75. The van der Waals surface area contributed by atoms with Crippen LogP contribution in [0.3, 0.4) is 0 Å². The molecule has 21 heavy (non-hydrogen) atoms. The van der Waals surface area contributed by atoms with E-state index in [-0.39, 0.29) is 0 Å². The molecule has 3 aromatic rings. The summed E-state index contributed by atoms with van der Waals surface area (Å²) in [5.74, 6) is 0. The number of hydrogen-bond acceptors (Lipinski definition) is 0. The largest absolute Gasteiger partial charge is 0.354 e. The summed E-state index contributed by atoms with van der Waals surface area (Å²) in [5.41, 5.74) is 3.96. The fourth-order valence-corrected chi connectivity index (χ4v) is 3.77. The van der Waals surface area contributed by atoms with Gasteiger partial charge in [-0.1, -0.05) is 68.3 Å². The van der Waals surface area contributed by atoms with Crippen molar-refractivity contribution in [3.05, 3.63) is 48.0 Å². The molecule has 0 fully saturated rings. The molecule has 0 radical (unpaired) electrons. The number of nitrogens with one attached hydrogen (secondary N) is 1. The van der Waals surface area contributed by atoms with E-state index >= 15 is 0 Å². The second kappa shape index (κ2) is 6.97. The summed E-state index contributed by atoms with van der Waals surface area (Å²) < 4.78 is 0. The third-order valence-electron chi connectivity index (χ3n) is 4.01. The molecule has 1 N–H and O–H groups in total. The van der Waals surface area contributed by atoms with Gasteiger partial charge < -0.3 is 4.98 Å². The molecular weight excluding hydrogens is 390 g/mol. The molecule has 0 saturated heterocycles. The number of halogens is 2. The van der Waals surface area contributed by atoms with Crippen molar-refractivity contribution in [3.8, 4) is 0 Å². The fourth-order valence-electron chi connectivity index (χ4n) is 2.90. The van der Waals surface area contributed by atoms with Crippen LogP contribution in [0, 0.1) is 0 Å². The molecule has 0 aliphatic rings. The first kappa shape index (κ1) is 15.1. The third kappa shape index (κ3) is 3.35. The predicted octanol–water partition coefficient (Wildman–Crippen LogP) is 6.19. The number of fused-ring (bicyclic) bond motifs is 3. The Balaban J connectivity index is 1.85. The molecule has 1 aromatic heterocycles. The number of benzene rings is 2. The zero-order chi connectivity index (χ0) is 14.7. The molecule has 110 valence electrons. The Morgan fingerprint density at radius 2 is 1.76 bits per heavy atom. The SMILES string of the molecule is BrCCCC(Br)CCc1cccc2c1[nH]c1ccccc12. The lowest BCUT2D eigenvalue weighted by molar-refractivity contribution is 0.699. The molecule has 1 heterocycles. The van der Waals surface area contributed by atoms with Gasteiger partial charge in [-0.3, -0.25) is 0 Å². The van der Waals surface area contributed by atoms with Crippen LogP contribution >= 0.6 is 31.9 Å². The minimum Gasteiger partial charge on any atom is -0.354 e. The maximum absolute atomic E-state index is 3.80. The topological polar surface area (TPSA) is 15.8 Å². The minimum absolute atomic E-state index is 0.606. The predicted molar refractivity (Wildman–Crippen MR) is 99.9 cm³/mol. The Bertz CT molecular complexity index is 732. The molecule has 0 bridgehead atoms. The van der Waals surface area contributed by atoms with E-state index < -0.39 is 0 Å². The van der Waals surface area contributed by atoms with Crippen LogP contribution in [0.5, 0.6) is 0 Å². The van der Waals surface area contributed by atoms with Gasteiger partial charge >= 0.3 is 0 Å². The summed E-state index contributed by atoms with van der Waals surface area (Å²) in [7, 11) is 0. The van der Waals surface area contributed by atoms with Crippen molar-refractivity contribution in [3.63, 3.8) is 0 Å². The third-order valence-corrected chi connectivity index (χ3v) is 5.48. The average Bonchev–Trinajstić information content (AvgIpc) is 2.90. The summed E-state index contributed by atoms with van der Waals surface area (Å²) >= 11 is 7.30. The number of para-hydroxylation sites is 2. The van der Waals surface area contributed by atoms with Crippen molar-refractivity contribution in [2.24, 2.45) is 0 Å². The first-order valence-electron chi connectivity index (χ1n) is 7.48. The highest BCUT2D eigenvalue weighted by Gasteiger charge is 2.09. The summed E-state index contributed by atoms with van der Waals surface area (Å²) in [5, 5.41) is 3.76. The standard InChI is InChI=1S/C18H19Br2N/c19-12-4-6-14(20)11-10-13-5-3-8-16-15-7-1-2-9-17(15)21-18(13)16/h1-3,5,7-9,14,21H,4,6,10-12H2. The van der Waals surface area contributed by atoms with Gasteiger partial charge in [-0.15, -0.1) is 0 Å². The van der Waals surface area contributed by atoms with Gasteiger partial charge in [-0.2, -0.15) is 0 Å². The second-order valence-corrected chi connectivity index (χ2v) is 7.57. The minimum atomic E-state index is 0.606. The first-order valence-corrected chi connectivity index (χ1v) is 9.51. The van der Waals surface area contributed by atoms with E-state index in [1.165, 1.54) is 46.6 Å². The Kier molecular flexibility index (Phi) is 5.02. The highest BCUT2D eigenvalue weighted by atomic mass is 79.9. The molecule has 0 amide bonds. The van der Waals surface area contributed by atoms with Gasteiger partial charge in [-0.25, -0.2) is 0 Å². The number of hydrogen-bond donors (Lipinski definition) is 1. The van der Waals surface area contributed by atoms with Crippen LogP contribution in [0.4, 0.5) is 0 Å². The van der Waals surface area contributed by atoms with Crippen molar-refractivity contribution in [1.29, 1.82) is 0 Å². The van der Waals surface area contributed by atoms with Gasteiger partial charge in [0.05, 0.1) is 0 Å². The highest BCUT2D eigenvalue weighted by molar-refractivity contribution is 9.09. The van der Waals surface area contributed by atoms with E-state index in [0.29, 0.717) is 4.83 Å². The van der Waals surface area contributed by atoms with E-state index in [9.17, 15) is 0 Å². The van der Waals surface area contributed by atoms with Crippen LogP contribution in [0.25, 0.3) is 21.8 Å². The first-order chi connectivity index (χ1) is 10.3. The number of aromatic amines is 1. The molecular formula is C18H19Br2N. The molecule has 3 rings (SSSR count). The van der Waals surface area contributed by atoms with Gasteiger partial charge in [0.2, 0.25) is 0 Å². The van der Waals surface area contributed by atoms with Crippen LogP contribution in [0.1, 0.15) is 24.8 Å².